The number of para-hydroxylation sites is 1. The molecule has 0 spiro atoms. The van der Waals surface area contributed by atoms with Gasteiger partial charge in [-0.3, -0.25) is 13.9 Å². The molecule has 0 bridgehead atoms. The molecule has 0 saturated carbocycles. The largest absolute Gasteiger partial charge is 0.457 e. The van der Waals surface area contributed by atoms with Gasteiger partial charge in [-0.15, -0.1) is 0 Å². The number of carbonyl (C=O) groups is 2. The van der Waals surface area contributed by atoms with Crippen molar-refractivity contribution in [2.75, 3.05) is 10.8 Å². The zero-order chi connectivity index (χ0) is 31.9. The number of hydrogen-bond acceptors (Lipinski definition) is 5. The van der Waals surface area contributed by atoms with Crippen LogP contribution in [-0.4, -0.2) is 43.8 Å². The summed E-state index contributed by atoms with van der Waals surface area (Å²) in [5, 5.41) is 3.32. The molecule has 230 valence electrons. The number of amides is 2. The van der Waals surface area contributed by atoms with Crippen molar-refractivity contribution in [3.05, 3.63) is 119 Å². The van der Waals surface area contributed by atoms with E-state index in [4.69, 9.17) is 16.3 Å². The number of nitrogens with one attached hydrogen (secondary N) is 1. The Morgan fingerprint density at radius 2 is 1.48 bits per heavy atom. The lowest BCUT2D eigenvalue weighted by Crippen LogP contribution is -2.52. The van der Waals surface area contributed by atoms with Gasteiger partial charge in [0.05, 0.1) is 10.6 Å². The van der Waals surface area contributed by atoms with E-state index in [2.05, 4.69) is 5.32 Å². The summed E-state index contributed by atoms with van der Waals surface area (Å²) >= 11 is 6.21. The summed E-state index contributed by atoms with van der Waals surface area (Å²) in [7, 11) is -4.19. The van der Waals surface area contributed by atoms with Crippen LogP contribution in [0.2, 0.25) is 5.02 Å². The highest BCUT2D eigenvalue weighted by Crippen LogP contribution is 2.29. The van der Waals surface area contributed by atoms with Crippen LogP contribution in [0.5, 0.6) is 11.5 Å². The number of aryl methyl sites for hydroxylation is 1. The van der Waals surface area contributed by atoms with Gasteiger partial charge in [-0.2, -0.15) is 0 Å². The molecule has 0 radical (unpaired) electrons. The Kier molecular flexibility index (Phi) is 10.7. The van der Waals surface area contributed by atoms with Gasteiger partial charge in [0.15, 0.2) is 0 Å². The molecule has 0 aliphatic heterocycles. The summed E-state index contributed by atoms with van der Waals surface area (Å²) in [6.07, 6.45) is 0. The van der Waals surface area contributed by atoms with Crippen molar-refractivity contribution in [2.45, 2.75) is 51.2 Å². The lowest BCUT2D eigenvalue weighted by Gasteiger charge is -2.32. The minimum Gasteiger partial charge on any atom is -0.457 e. The van der Waals surface area contributed by atoms with Gasteiger partial charge in [0.25, 0.3) is 10.0 Å². The maximum atomic E-state index is 14.1. The van der Waals surface area contributed by atoms with Crippen molar-refractivity contribution < 1.29 is 22.7 Å². The first kappa shape index (κ1) is 32.6. The number of sulfonamides is 1. The van der Waals surface area contributed by atoms with Gasteiger partial charge in [0, 0.05) is 17.6 Å². The first-order valence-electron chi connectivity index (χ1n) is 14.2. The highest BCUT2D eigenvalue weighted by atomic mass is 35.5. The van der Waals surface area contributed by atoms with Crippen LogP contribution in [0, 0.1) is 6.92 Å². The molecule has 0 heterocycles. The Hall–Kier alpha value is -4.34. The second kappa shape index (κ2) is 14.4. The number of nitrogens with zero attached hydrogens (tertiary/aromatic N) is 2. The Balaban J connectivity index is 1.71. The quantitative estimate of drug-likeness (QED) is 0.190. The van der Waals surface area contributed by atoms with E-state index in [1.807, 2.05) is 51.1 Å². The molecule has 4 rings (SSSR count). The van der Waals surface area contributed by atoms with Crippen molar-refractivity contribution in [1.29, 1.82) is 0 Å². The lowest BCUT2D eigenvalue weighted by atomic mass is 10.1. The number of ether oxygens (including phenoxy) is 1. The number of halogens is 1. The maximum absolute atomic E-state index is 14.1. The van der Waals surface area contributed by atoms with Gasteiger partial charge in [-0.05, 0) is 93.9 Å². The fourth-order valence-electron chi connectivity index (χ4n) is 4.49. The van der Waals surface area contributed by atoms with Crippen molar-refractivity contribution in [3.8, 4) is 11.5 Å². The molecule has 1 N–H and O–H groups in total. The molecule has 44 heavy (non-hydrogen) atoms. The predicted molar refractivity (Wildman–Crippen MR) is 173 cm³/mol. The van der Waals surface area contributed by atoms with Crippen LogP contribution in [-0.2, 0) is 26.2 Å². The summed E-state index contributed by atoms with van der Waals surface area (Å²) in [6.45, 7) is 6.64. The van der Waals surface area contributed by atoms with E-state index in [9.17, 15) is 18.0 Å². The standard InChI is InChI=1S/C34H36ClN3O5S/c1-24(2)36-34(40)26(4)37(22-27-9-8-10-28(35)21-27)33(39)23-38(44(41,42)32-19-13-25(3)14-20-32)29-15-17-31(18-16-29)43-30-11-6-5-7-12-30/h5-21,24,26H,22-23H2,1-4H3,(H,36,40)/t26-/m0/s1. The third-order valence-electron chi connectivity index (χ3n) is 6.83. The average Bonchev–Trinajstić information content (AvgIpc) is 2.99. The summed E-state index contributed by atoms with van der Waals surface area (Å²) in [5.74, 6) is 0.216. The molecule has 0 unspecified atom stereocenters. The lowest BCUT2D eigenvalue weighted by molar-refractivity contribution is -0.139. The van der Waals surface area contributed by atoms with E-state index in [0.29, 0.717) is 22.1 Å². The van der Waals surface area contributed by atoms with Crippen LogP contribution < -0.4 is 14.4 Å². The normalized spacial score (nSPS) is 12.0. The third kappa shape index (κ3) is 8.39. The molecule has 10 heteroatoms. The second-order valence-corrected chi connectivity index (χ2v) is 13.0. The van der Waals surface area contributed by atoms with E-state index in [-0.39, 0.29) is 29.1 Å². The van der Waals surface area contributed by atoms with Crippen LogP contribution in [0.1, 0.15) is 31.9 Å². The van der Waals surface area contributed by atoms with Crippen LogP contribution in [0.3, 0.4) is 0 Å². The van der Waals surface area contributed by atoms with E-state index in [1.165, 1.54) is 17.0 Å². The zero-order valence-corrected chi connectivity index (χ0v) is 26.7. The monoisotopic (exact) mass is 633 g/mol. The molecule has 2 amide bonds. The number of rotatable bonds is 12. The second-order valence-electron chi connectivity index (χ2n) is 10.7. The SMILES string of the molecule is Cc1ccc(S(=O)(=O)N(CC(=O)N(Cc2cccc(Cl)c2)[C@@H](C)C(=O)NC(C)C)c2ccc(Oc3ccccc3)cc2)cc1. The summed E-state index contributed by atoms with van der Waals surface area (Å²) in [5.41, 5.74) is 1.86. The van der Waals surface area contributed by atoms with Crippen molar-refractivity contribution in [2.24, 2.45) is 0 Å². The van der Waals surface area contributed by atoms with Crippen LogP contribution in [0.15, 0.2) is 108 Å². The Morgan fingerprint density at radius 3 is 2.09 bits per heavy atom. The molecule has 4 aromatic rings. The molecule has 0 fully saturated rings. The molecule has 4 aromatic carbocycles. The molecule has 0 saturated heterocycles. The number of anilines is 1. The highest BCUT2D eigenvalue weighted by Gasteiger charge is 2.32. The summed E-state index contributed by atoms with van der Waals surface area (Å²) in [4.78, 5) is 28.5. The minimum atomic E-state index is -4.19. The molecule has 0 aliphatic carbocycles. The van der Waals surface area contributed by atoms with E-state index in [1.54, 1.807) is 67.6 Å². The summed E-state index contributed by atoms with van der Waals surface area (Å²) in [6, 6.07) is 28.0. The van der Waals surface area contributed by atoms with Gasteiger partial charge >= 0.3 is 0 Å². The Labute approximate surface area is 264 Å². The first-order valence-corrected chi connectivity index (χ1v) is 16.0. The summed E-state index contributed by atoms with van der Waals surface area (Å²) < 4.78 is 35.1. The third-order valence-corrected chi connectivity index (χ3v) is 8.85. The number of carbonyl (C=O) groups excluding carboxylic acids is 2. The van der Waals surface area contributed by atoms with Crippen LogP contribution in [0.25, 0.3) is 0 Å². The molecule has 0 aromatic heterocycles. The van der Waals surface area contributed by atoms with E-state index >= 15 is 0 Å². The Bertz CT molecular complexity index is 1680. The smallest absolute Gasteiger partial charge is 0.264 e. The van der Waals surface area contributed by atoms with E-state index < -0.39 is 28.5 Å². The number of hydrogen-bond donors (Lipinski definition) is 1. The molecular weight excluding hydrogens is 598 g/mol. The average molecular weight is 634 g/mol. The molecule has 1 atom stereocenters. The van der Waals surface area contributed by atoms with E-state index in [0.717, 1.165) is 9.87 Å². The maximum Gasteiger partial charge on any atom is 0.264 e. The minimum absolute atomic E-state index is 0.0347. The van der Waals surface area contributed by atoms with Crippen LogP contribution >= 0.6 is 11.6 Å². The fourth-order valence-corrected chi connectivity index (χ4v) is 6.12. The number of benzene rings is 4. The fraction of sp³-hybridized carbons (Fsp3) is 0.235. The molecular formula is C34H36ClN3O5S. The van der Waals surface area contributed by atoms with Crippen molar-refractivity contribution in [3.63, 3.8) is 0 Å². The van der Waals surface area contributed by atoms with Gasteiger partial charge in [-0.1, -0.05) is 59.6 Å². The van der Waals surface area contributed by atoms with Crippen molar-refractivity contribution >= 4 is 39.1 Å². The topological polar surface area (TPSA) is 96.0 Å². The molecule has 8 nitrogen and oxygen atoms in total. The van der Waals surface area contributed by atoms with Gasteiger partial charge < -0.3 is 15.0 Å². The van der Waals surface area contributed by atoms with Crippen molar-refractivity contribution in [1.82, 2.24) is 10.2 Å². The zero-order valence-electron chi connectivity index (χ0n) is 25.1. The van der Waals surface area contributed by atoms with Gasteiger partial charge in [-0.25, -0.2) is 8.42 Å². The first-order chi connectivity index (χ1) is 20.9. The van der Waals surface area contributed by atoms with Crippen LogP contribution in [0.4, 0.5) is 5.69 Å². The molecule has 0 aliphatic rings. The van der Waals surface area contributed by atoms with Gasteiger partial charge in [0.1, 0.15) is 24.1 Å². The predicted octanol–water partition coefficient (Wildman–Crippen LogP) is 6.58. The Morgan fingerprint density at radius 1 is 0.841 bits per heavy atom. The van der Waals surface area contributed by atoms with Gasteiger partial charge in [0.2, 0.25) is 11.8 Å². The highest BCUT2D eigenvalue weighted by molar-refractivity contribution is 7.92.